The smallest absolute Gasteiger partial charge is 0.395 e. The molecule has 2 aromatic rings. The molecule has 6 N–H and O–H groups in total. The summed E-state index contributed by atoms with van der Waals surface area (Å²) in [6, 6.07) is 9.06. The molecule has 0 bridgehead atoms. The zero-order chi connectivity index (χ0) is 24.8. The number of amidine groups is 1. The van der Waals surface area contributed by atoms with E-state index in [1.807, 2.05) is 0 Å². The molecule has 8 nitrogen and oxygen atoms in total. The fourth-order valence-electron chi connectivity index (χ4n) is 3.11. The zero-order valence-electron chi connectivity index (χ0n) is 18.2. The van der Waals surface area contributed by atoms with Crippen molar-refractivity contribution < 1.29 is 27.9 Å². The van der Waals surface area contributed by atoms with Gasteiger partial charge in [0.05, 0.1) is 18.2 Å². The number of nitrogen functional groups attached to an aromatic ring is 1. The number of amides is 2. The Balaban J connectivity index is 2.04. The molecule has 2 amide bonds. The van der Waals surface area contributed by atoms with Crippen molar-refractivity contribution in [3.05, 3.63) is 59.2 Å². The fourth-order valence-corrected chi connectivity index (χ4v) is 3.11. The number of aliphatic hydroxyl groups excluding tert-OH is 1. The molecule has 11 heteroatoms. The maximum absolute atomic E-state index is 13.6. The number of rotatable bonds is 9. The molecule has 178 valence electrons. The molecular weight excluding hydrogens is 439 g/mol. The van der Waals surface area contributed by atoms with Crippen LogP contribution in [0.5, 0.6) is 0 Å². The van der Waals surface area contributed by atoms with Gasteiger partial charge in [0.2, 0.25) is 11.8 Å². The molecule has 0 aliphatic heterocycles. The summed E-state index contributed by atoms with van der Waals surface area (Å²) in [6.07, 6.45) is -5.15. The van der Waals surface area contributed by atoms with Gasteiger partial charge < -0.3 is 26.4 Å². The lowest BCUT2D eigenvalue weighted by atomic mass is 10.0. The van der Waals surface area contributed by atoms with E-state index in [4.69, 9.17) is 16.2 Å². The van der Waals surface area contributed by atoms with Gasteiger partial charge in [0.15, 0.2) is 0 Å². The molecule has 0 radical (unpaired) electrons. The summed E-state index contributed by atoms with van der Waals surface area (Å²) in [7, 11) is 1.44. The van der Waals surface area contributed by atoms with Crippen molar-refractivity contribution in [1.82, 2.24) is 5.32 Å². The van der Waals surface area contributed by atoms with Gasteiger partial charge in [-0.05, 0) is 48.9 Å². The summed E-state index contributed by atoms with van der Waals surface area (Å²) in [6.45, 7) is 1.25. The van der Waals surface area contributed by atoms with E-state index in [2.05, 4.69) is 10.6 Å². The van der Waals surface area contributed by atoms with Crippen LogP contribution in [-0.2, 0) is 15.8 Å². The summed E-state index contributed by atoms with van der Waals surface area (Å²) in [4.78, 5) is 25.6. The first-order valence-corrected chi connectivity index (χ1v) is 9.99. The van der Waals surface area contributed by atoms with Crippen LogP contribution in [0.3, 0.4) is 0 Å². The molecule has 2 aromatic carbocycles. The number of hydrogen-bond acceptors (Lipinski definition) is 5. The molecule has 0 unspecified atom stereocenters. The van der Waals surface area contributed by atoms with Crippen molar-refractivity contribution in [2.24, 2.45) is 5.73 Å². The number of benzene rings is 2. The van der Waals surface area contributed by atoms with E-state index in [0.717, 1.165) is 6.07 Å². The Kier molecular flexibility index (Phi) is 8.41. The van der Waals surface area contributed by atoms with Gasteiger partial charge in [0, 0.05) is 30.5 Å². The number of aliphatic hydroxyl groups is 1. The Morgan fingerprint density at radius 3 is 2.33 bits per heavy atom. The second-order valence-corrected chi connectivity index (χ2v) is 7.42. The van der Waals surface area contributed by atoms with Gasteiger partial charge in [0.25, 0.3) is 0 Å². The Morgan fingerprint density at radius 1 is 1.15 bits per heavy atom. The quantitative estimate of drug-likeness (QED) is 0.221. The van der Waals surface area contributed by atoms with Crippen LogP contribution in [0.4, 0.5) is 24.5 Å². The zero-order valence-corrected chi connectivity index (χ0v) is 18.2. The highest BCUT2D eigenvalue weighted by atomic mass is 19.4. The van der Waals surface area contributed by atoms with Gasteiger partial charge in [-0.25, -0.2) is 0 Å². The van der Waals surface area contributed by atoms with Crippen molar-refractivity contribution in [3.8, 4) is 0 Å². The largest absolute Gasteiger partial charge is 0.418 e. The summed E-state index contributed by atoms with van der Waals surface area (Å²) in [5.41, 5.74) is 5.49. The molecule has 0 aromatic heterocycles. The molecule has 1 atom stereocenters. The predicted molar refractivity (Wildman–Crippen MR) is 119 cm³/mol. The number of alkyl halides is 3. The van der Waals surface area contributed by atoms with Crippen molar-refractivity contribution in [3.63, 3.8) is 0 Å². The van der Waals surface area contributed by atoms with Gasteiger partial charge in [0.1, 0.15) is 12.3 Å². The monoisotopic (exact) mass is 465 g/mol. The van der Waals surface area contributed by atoms with Gasteiger partial charge in [-0.2, -0.15) is 13.2 Å². The number of nitrogens with one attached hydrogen (secondary N) is 3. The normalized spacial score (nSPS) is 12.1. The summed E-state index contributed by atoms with van der Waals surface area (Å²) < 4.78 is 40.7. The standard InChI is InChI=1S/C22H26F3N5O3/c1-13(15-5-8-18(30(2)9-10-31)17(11-15)22(23,24)25)28-19(32)12-20(33)29-16-6-3-14(4-7-16)21(26)27/h3-8,11,13,31H,9-10,12H2,1-2H3,(H3,26,27)(H,28,32)(H,29,33)/t13-/m1/s1. The lowest BCUT2D eigenvalue weighted by molar-refractivity contribution is -0.137. The van der Waals surface area contributed by atoms with Crippen LogP contribution < -0.4 is 21.3 Å². The van der Waals surface area contributed by atoms with Gasteiger partial charge >= 0.3 is 6.18 Å². The van der Waals surface area contributed by atoms with Crippen LogP contribution in [0.1, 0.15) is 36.1 Å². The number of nitrogens with two attached hydrogens (primary N) is 1. The lowest BCUT2D eigenvalue weighted by Gasteiger charge is -2.24. The minimum absolute atomic E-state index is 0.0291. The lowest BCUT2D eigenvalue weighted by Crippen LogP contribution is -2.30. The molecule has 33 heavy (non-hydrogen) atoms. The van der Waals surface area contributed by atoms with Crippen LogP contribution in [0.15, 0.2) is 42.5 Å². The molecule has 0 aliphatic carbocycles. The van der Waals surface area contributed by atoms with E-state index >= 15 is 0 Å². The fraction of sp³-hybridized carbons (Fsp3) is 0.318. The van der Waals surface area contributed by atoms with Crippen LogP contribution in [0, 0.1) is 5.41 Å². The maximum atomic E-state index is 13.6. The molecule has 0 fully saturated rings. The minimum atomic E-state index is -4.63. The van der Waals surface area contributed by atoms with E-state index < -0.39 is 36.0 Å². The van der Waals surface area contributed by atoms with Crippen molar-refractivity contribution >= 4 is 29.0 Å². The Bertz CT molecular complexity index is 1010. The Hall–Kier alpha value is -3.60. The highest BCUT2D eigenvalue weighted by molar-refractivity contribution is 6.04. The second-order valence-electron chi connectivity index (χ2n) is 7.42. The Morgan fingerprint density at radius 2 is 1.79 bits per heavy atom. The number of likely N-dealkylation sites (N-methyl/N-ethyl adjacent to an activating group) is 1. The van der Waals surface area contributed by atoms with E-state index in [9.17, 15) is 22.8 Å². The van der Waals surface area contributed by atoms with Gasteiger partial charge in [-0.3, -0.25) is 15.0 Å². The minimum Gasteiger partial charge on any atom is -0.395 e. The third-order valence-corrected chi connectivity index (χ3v) is 4.85. The highest BCUT2D eigenvalue weighted by Gasteiger charge is 2.35. The first-order valence-electron chi connectivity index (χ1n) is 9.99. The molecule has 0 spiro atoms. The predicted octanol–water partition coefficient (Wildman–Crippen LogP) is 2.62. The van der Waals surface area contributed by atoms with Crippen molar-refractivity contribution in [2.75, 3.05) is 30.4 Å². The molecule has 2 rings (SSSR count). The van der Waals surface area contributed by atoms with E-state index in [0.29, 0.717) is 11.3 Å². The third kappa shape index (κ3) is 7.21. The topological polar surface area (TPSA) is 132 Å². The number of halogens is 3. The van der Waals surface area contributed by atoms with Crippen LogP contribution >= 0.6 is 0 Å². The van der Waals surface area contributed by atoms with E-state index in [1.54, 1.807) is 12.1 Å². The molecule has 0 saturated carbocycles. The summed E-state index contributed by atoms with van der Waals surface area (Å²) in [5, 5.41) is 21.4. The Labute approximate surface area is 189 Å². The molecule has 0 heterocycles. The first-order chi connectivity index (χ1) is 15.4. The highest BCUT2D eigenvalue weighted by Crippen LogP contribution is 2.37. The third-order valence-electron chi connectivity index (χ3n) is 4.85. The van der Waals surface area contributed by atoms with E-state index in [-0.39, 0.29) is 30.2 Å². The SMILES string of the molecule is C[C@@H](NC(=O)CC(=O)Nc1ccc(C(=N)N)cc1)c1ccc(N(C)CCO)c(C(F)(F)F)c1. The number of nitrogens with zero attached hydrogens (tertiary/aromatic N) is 1. The second kappa shape index (κ2) is 10.8. The average Bonchev–Trinajstić information content (AvgIpc) is 2.73. The number of carbonyl (C=O) groups is 2. The summed E-state index contributed by atoms with van der Waals surface area (Å²) >= 11 is 0. The average molecular weight is 465 g/mol. The van der Waals surface area contributed by atoms with Crippen LogP contribution in [0.25, 0.3) is 0 Å². The molecule has 0 saturated heterocycles. The van der Waals surface area contributed by atoms with Crippen LogP contribution in [0.2, 0.25) is 0 Å². The number of hydrogen-bond donors (Lipinski definition) is 5. The van der Waals surface area contributed by atoms with Gasteiger partial charge in [-0.1, -0.05) is 6.07 Å². The van der Waals surface area contributed by atoms with Gasteiger partial charge in [-0.15, -0.1) is 0 Å². The van der Waals surface area contributed by atoms with Crippen molar-refractivity contribution in [1.29, 1.82) is 5.41 Å². The first kappa shape index (κ1) is 25.7. The molecular formula is C22H26F3N5O3. The number of anilines is 2. The van der Waals surface area contributed by atoms with Crippen LogP contribution in [-0.4, -0.2) is 43.0 Å². The summed E-state index contributed by atoms with van der Waals surface area (Å²) in [5.74, 6) is -1.38. The van der Waals surface area contributed by atoms with E-state index in [1.165, 1.54) is 43.1 Å². The van der Waals surface area contributed by atoms with Crippen molar-refractivity contribution in [2.45, 2.75) is 25.6 Å². The number of carbonyl (C=O) groups excluding carboxylic acids is 2. The maximum Gasteiger partial charge on any atom is 0.418 e. The molecule has 0 aliphatic rings.